The molecule has 1 heterocycles. The van der Waals surface area contributed by atoms with Gasteiger partial charge in [0.15, 0.2) is 5.58 Å². The number of aromatic nitrogens is 1. The Balaban J connectivity index is 2.22. The summed E-state index contributed by atoms with van der Waals surface area (Å²) in [6, 6.07) is 11.6. The average molecular weight is 350 g/mol. The van der Waals surface area contributed by atoms with Crippen molar-refractivity contribution in [3.63, 3.8) is 0 Å². The topological polar surface area (TPSA) is 52.0 Å². The molecule has 90 valence electrons. The Labute approximate surface area is 118 Å². The molecule has 0 amide bonds. The maximum absolute atomic E-state index is 5.78. The van der Waals surface area contributed by atoms with Crippen LogP contribution in [-0.2, 0) is 0 Å². The molecular weight excluding hydrogens is 339 g/mol. The Morgan fingerprint density at radius 1 is 1.22 bits per heavy atom. The largest absolute Gasteiger partial charge is 0.436 e. The van der Waals surface area contributed by atoms with Gasteiger partial charge in [0.05, 0.1) is 0 Å². The van der Waals surface area contributed by atoms with Crippen LogP contribution in [0, 0.1) is 10.5 Å². The Hall–Kier alpha value is -1.56. The fourth-order valence-corrected chi connectivity index (χ4v) is 2.39. The lowest BCUT2D eigenvalue weighted by Gasteiger charge is -2.02. The molecule has 3 nitrogen and oxygen atoms in total. The molecular formula is C14H11IN2O. The highest BCUT2D eigenvalue weighted by molar-refractivity contribution is 14.1. The van der Waals surface area contributed by atoms with Gasteiger partial charge in [-0.3, -0.25) is 0 Å². The number of fused-ring (bicyclic) bond motifs is 1. The monoisotopic (exact) mass is 350 g/mol. The number of hydrogen-bond donors (Lipinski definition) is 1. The number of rotatable bonds is 1. The zero-order valence-electron chi connectivity index (χ0n) is 9.77. The molecule has 0 fully saturated rings. The lowest BCUT2D eigenvalue weighted by Crippen LogP contribution is -1.86. The third-order valence-electron chi connectivity index (χ3n) is 2.91. The summed E-state index contributed by atoms with van der Waals surface area (Å²) in [5.74, 6) is 0.645. The highest BCUT2D eigenvalue weighted by atomic mass is 127. The van der Waals surface area contributed by atoms with Crippen LogP contribution in [0.3, 0.4) is 0 Å². The molecule has 3 rings (SSSR count). The Morgan fingerprint density at radius 2 is 2.06 bits per heavy atom. The van der Waals surface area contributed by atoms with Crippen LogP contribution in [0.5, 0.6) is 0 Å². The van der Waals surface area contributed by atoms with Crippen LogP contribution in [0.1, 0.15) is 5.56 Å². The van der Waals surface area contributed by atoms with Crippen molar-refractivity contribution in [2.75, 3.05) is 5.73 Å². The summed E-state index contributed by atoms with van der Waals surface area (Å²) in [5, 5.41) is 0. The average Bonchev–Trinajstić information content (AvgIpc) is 2.75. The normalized spacial score (nSPS) is 11.0. The summed E-state index contributed by atoms with van der Waals surface area (Å²) >= 11 is 2.31. The molecule has 0 saturated heterocycles. The van der Waals surface area contributed by atoms with Gasteiger partial charge in [-0.05, 0) is 59.3 Å². The first-order valence-electron chi connectivity index (χ1n) is 5.57. The van der Waals surface area contributed by atoms with Gasteiger partial charge in [0.1, 0.15) is 5.52 Å². The predicted molar refractivity (Wildman–Crippen MR) is 81.3 cm³/mol. The van der Waals surface area contributed by atoms with E-state index < -0.39 is 0 Å². The number of anilines is 1. The Morgan fingerprint density at radius 3 is 2.89 bits per heavy atom. The number of benzene rings is 2. The van der Waals surface area contributed by atoms with Crippen LogP contribution in [0.15, 0.2) is 40.8 Å². The number of nitrogen functional groups attached to an aromatic ring is 1. The zero-order chi connectivity index (χ0) is 12.7. The quantitative estimate of drug-likeness (QED) is 0.533. The maximum Gasteiger partial charge on any atom is 0.227 e. The van der Waals surface area contributed by atoms with Crippen molar-refractivity contribution in [1.29, 1.82) is 0 Å². The van der Waals surface area contributed by atoms with Crippen LogP contribution in [0.25, 0.3) is 22.6 Å². The minimum Gasteiger partial charge on any atom is -0.436 e. The van der Waals surface area contributed by atoms with Crippen molar-refractivity contribution in [3.05, 3.63) is 45.5 Å². The molecule has 0 spiro atoms. The molecule has 0 radical (unpaired) electrons. The van der Waals surface area contributed by atoms with Crippen LogP contribution in [-0.4, -0.2) is 4.98 Å². The second kappa shape index (κ2) is 4.28. The van der Waals surface area contributed by atoms with Gasteiger partial charge < -0.3 is 10.2 Å². The minimum atomic E-state index is 0.645. The molecule has 4 heteroatoms. The van der Waals surface area contributed by atoms with E-state index in [0.717, 1.165) is 16.7 Å². The highest BCUT2D eigenvalue weighted by Gasteiger charge is 2.11. The molecule has 0 aliphatic heterocycles. The summed E-state index contributed by atoms with van der Waals surface area (Å²) in [7, 11) is 0. The minimum absolute atomic E-state index is 0.645. The lowest BCUT2D eigenvalue weighted by molar-refractivity contribution is 0.619. The van der Waals surface area contributed by atoms with E-state index in [1.807, 2.05) is 24.3 Å². The van der Waals surface area contributed by atoms with Gasteiger partial charge in [-0.25, -0.2) is 4.98 Å². The van der Waals surface area contributed by atoms with E-state index in [-0.39, 0.29) is 0 Å². The third-order valence-corrected chi connectivity index (χ3v) is 4.08. The van der Waals surface area contributed by atoms with E-state index in [1.165, 1.54) is 9.13 Å². The molecule has 0 aliphatic rings. The van der Waals surface area contributed by atoms with E-state index in [0.29, 0.717) is 11.6 Å². The molecule has 1 aromatic heterocycles. The van der Waals surface area contributed by atoms with Gasteiger partial charge in [0.25, 0.3) is 0 Å². The van der Waals surface area contributed by atoms with Crippen molar-refractivity contribution < 1.29 is 4.42 Å². The SMILES string of the molecule is Cc1c(I)cccc1-c1nc2ccc(N)cc2o1. The second-order valence-electron chi connectivity index (χ2n) is 4.16. The number of nitrogens with zero attached hydrogens (tertiary/aromatic N) is 1. The van der Waals surface area contributed by atoms with E-state index in [2.05, 4.69) is 40.6 Å². The Bertz CT molecular complexity index is 734. The number of nitrogens with two attached hydrogens (primary N) is 1. The molecule has 0 aliphatic carbocycles. The summed E-state index contributed by atoms with van der Waals surface area (Å²) in [6.45, 7) is 2.07. The van der Waals surface area contributed by atoms with Crippen molar-refractivity contribution >= 4 is 39.4 Å². The van der Waals surface area contributed by atoms with Gasteiger partial charge in [0, 0.05) is 20.9 Å². The fourth-order valence-electron chi connectivity index (χ4n) is 1.90. The summed E-state index contributed by atoms with van der Waals surface area (Å²) in [6.07, 6.45) is 0. The standard InChI is InChI=1S/C14H11IN2O/c1-8-10(3-2-4-11(8)15)14-17-12-6-5-9(16)7-13(12)18-14/h2-7H,16H2,1H3. The van der Waals surface area contributed by atoms with Crippen LogP contribution in [0.2, 0.25) is 0 Å². The molecule has 0 atom stereocenters. The van der Waals surface area contributed by atoms with Gasteiger partial charge in [-0.15, -0.1) is 0 Å². The maximum atomic E-state index is 5.78. The molecule has 0 bridgehead atoms. The van der Waals surface area contributed by atoms with E-state index >= 15 is 0 Å². The highest BCUT2D eigenvalue weighted by Crippen LogP contribution is 2.29. The first-order chi connectivity index (χ1) is 8.65. The van der Waals surface area contributed by atoms with Crippen LogP contribution in [0.4, 0.5) is 5.69 Å². The van der Waals surface area contributed by atoms with E-state index in [4.69, 9.17) is 10.2 Å². The zero-order valence-corrected chi connectivity index (χ0v) is 11.9. The van der Waals surface area contributed by atoms with Gasteiger partial charge in [-0.2, -0.15) is 0 Å². The van der Waals surface area contributed by atoms with Crippen molar-refractivity contribution in [2.24, 2.45) is 0 Å². The van der Waals surface area contributed by atoms with Gasteiger partial charge in [-0.1, -0.05) is 6.07 Å². The number of halogens is 1. The van der Waals surface area contributed by atoms with E-state index in [9.17, 15) is 0 Å². The molecule has 0 unspecified atom stereocenters. The molecule has 2 N–H and O–H groups in total. The van der Waals surface area contributed by atoms with Gasteiger partial charge in [0.2, 0.25) is 5.89 Å². The van der Waals surface area contributed by atoms with Crippen molar-refractivity contribution in [2.45, 2.75) is 6.92 Å². The predicted octanol–water partition coefficient (Wildman–Crippen LogP) is 3.99. The molecule has 18 heavy (non-hydrogen) atoms. The van der Waals surface area contributed by atoms with Crippen molar-refractivity contribution in [3.8, 4) is 11.5 Å². The lowest BCUT2D eigenvalue weighted by atomic mass is 10.1. The number of oxazole rings is 1. The summed E-state index contributed by atoms with van der Waals surface area (Å²) in [5.41, 5.74) is 10.2. The Kier molecular flexibility index (Phi) is 2.74. The molecule has 0 saturated carbocycles. The van der Waals surface area contributed by atoms with Crippen molar-refractivity contribution in [1.82, 2.24) is 4.98 Å². The smallest absolute Gasteiger partial charge is 0.227 e. The number of hydrogen-bond acceptors (Lipinski definition) is 3. The molecule has 3 aromatic rings. The molecule has 2 aromatic carbocycles. The first-order valence-corrected chi connectivity index (χ1v) is 6.64. The first kappa shape index (κ1) is 11.5. The van der Waals surface area contributed by atoms with E-state index in [1.54, 1.807) is 6.07 Å². The van der Waals surface area contributed by atoms with Crippen LogP contribution >= 0.6 is 22.6 Å². The fraction of sp³-hybridized carbons (Fsp3) is 0.0714. The third kappa shape index (κ3) is 1.86. The second-order valence-corrected chi connectivity index (χ2v) is 5.32. The summed E-state index contributed by atoms with van der Waals surface area (Å²) in [4.78, 5) is 4.50. The van der Waals surface area contributed by atoms with Gasteiger partial charge >= 0.3 is 0 Å². The summed E-state index contributed by atoms with van der Waals surface area (Å²) < 4.78 is 6.98. The van der Waals surface area contributed by atoms with Crippen LogP contribution < -0.4 is 5.73 Å².